The number of anilines is 1. The molecule has 2 aromatic carbocycles. The van der Waals surface area contributed by atoms with Gasteiger partial charge in [0.15, 0.2) is 5.13 Å². The van der Waals surface area contributed by atoms with Gasteiger partial charge in [0.2, 0.25) is 0 Å². The summed E-state index contributed by atoms with van der Waals surface area (Å²) in [6, 6.07) is 14.8. The minimum Gasteiger partial charge on any atom is -0.494 e. The Morgan fingerprint density at radius 1 is 1.11 bits per heavy atom. The summed E-state index contributed by atoms with van der Waals surface area (Å²) in [5.74, 6) is 0.272. The van der Waals surface area contributed by atoms with E-state index in [1.807, 2.05) is 42.5 Å². The van der Waals surface area contributed by atoms with Crippen LogP contribution in [0.2, 0.25) is 10.0 Å². The molecule has 35 heavy (non-hydrogen) atoms. The van der Waals surface area contributed by atoms with Crippen molar-refractivity contribution in [2.24, 2.45) is 0 Å². The number of rotatable bonds is 12. The molecule has 3 aromatic rings. The first-order chi connectivity index (χ1) is 17.0. The maximum atomic E-state index is 12.6. The van der Waals surface area contributed by atoms with Crippen molar-refractivity contribution in [2.75, 3.05) is 11.9 Å². The topological polar surface area (TPSA) is 75.0 Å². The van der Waals surface area contributed by atoms with Crippen LogP contribution in [0, 0.1) is 11.3 Å². The number of amides is 1. The van der Waals surface area contributed by atoms with Crippen molar-refractivity contribution in [3.63, 3.8) is 0 Å². The summed E-state index contributed by atoms with van der Waals surface area (Å²) >= 11 is 13.4. The number of hydrogen-bond acceptors (Lipinski definition) is 5. The van der Waals surface area contributed by atoms with Crippen LogP contribution in [-0.4, -0.2) is 17.5 Å². The number of aromatic nitrogens is 1. The number of carbonyl (C=O) groups excluding carboxylic acids is 1. The van der Waals surface area contributed by atoms with Crippen molar-refractivity contribution in [1.82, 2.24) is 4.98 Å². The molecule has 0 saturated carbocycles. The van der Waals surface area contributed by atoms with Gasteiger partial charge in [-0.25, -0.2) is 4.98 Å². The van der Waals surface area contributed by atoms with Crippen molar-refractivity contribution in [2.45, 2.75) is 45.4 Å². The molecule has 0 atom stereocenters. The Morgan fingerprint density at radius 2 is 1.89 bits per heavy atom. The van der Waals surface area contributed by atoms with E-state index in [1.54, 1.807) is 18.3 Å². The molecule has 1 heterocycles. The van der Waals surface area contributed by atoms with Gasteiger partial charge in [0.05, 0.1) is 16.7 Å². The summed E-state index contributed by atoms with van der Waals surface area (Å²) in [6.07, 6.45) is 9.79. The van der Waals surface area contributed by atoms with E-state index in [-0.39, 0.29) is 5.57 Å². The average Bonchev–Trinajstić information content (AvgIpc) is 3.29. The Morgan fingerprint density at radius 3 is 2.60 bits per heavy atom. The van der Waals surface area contributed by atoms with E-state index < -0.39 is 5.91 Å². The third-order valence-corrected chi connectivity index (χ3v) is 6.86. The third-order valence-electron chi connectivity index (χ3n) is 5.21. The molecule has 1 aromatic heterocycles. The summed E-state index contributed by atoms with van der Waals surface area (Å²) < 4.78 is 5.77. The molecule has 182 valence electrons. The molecule has 0 bridgehead atoms. The molecular weight excluding hydrogens is 501 g/mol. The van der Waals surface area contributed by atoms with Crippen LogP contribution in [0.4, 0.5) is 5.13 Å². The molecule has 8 heteroatoms. The first-order valence-electron chi connectivity index (χ1n) is 11.5. The van der Waals surface area contributed by atoms with Crippen molar-refractivity contribution in [3.05, 3.63) is 80.3 Å². The van der Waals surface area contributed by atoms with Gasteiger partial charge in [-0.3, -0.25) is 10.1 Å². The van der Waals surface area contributed by atoms with Gasteiger partial charge in [0.1, 0.15) is 17.4 Å². The maximum absolute atomic E-state index is 12.6. The molecule has 0 radical (unpaired) electrons. The van der Waals surface area contributed by atoms with Crippen LogP contribution < -0.4 is 10.1 Å². The molecule has 0 unspecified atom stereocenters. The van der Waals surface area contributed by atoms with Crippen molar-refractivity contribution < 1.29 is 9.53 Å². The summed E-state index contributed by atoms with van der Waals surface area (Å²) in [6.45, 7) is 2.88. The molecule has 0 fully saturated rings. The van der Waals surface area contributed by atoms with Gasteiger partial charge in [0.25, 0.3) is 5.91 Å². The minimum atomic E-state index is -0.504. The summed E-state index contributed by atoms with van der Waals surface area (Å²) in [7, 11) is 0. The Hall–Kier alpha value is -2.85. The predicted molar refractivity (Wildman–Crippen MR) is 144 cm³/mol. The second-order valence-corrected chi connectivity index (χ2v) is 9.94. The third kappa shape index (κ3) is 8.70. The second kappa shape index (κ2) is 13.9. The Kier molecular flexibility index (Phi) is 10.6. The number of halogens is 2. The zero-order chi connectivity index (χ0) is 25.0. The molecule has 1 amide bonds. The molecular formula is C27H27Cl2N3O2S. The highest BCUT2D eigenvalue weighted by Gasteiger charge is 2.13. The van der Waals surface area contributed by atoms with Gasteiger partial charge in [-0.2, -0.15) is 5.26 Å². The Labute approximate surface area is 220 Å². The molecule has 0 aliphatic carbocycles. The number of hydrogen-bond donors (Lipinski definition) is 1. The SMILES string of the molecule is CCCCCCCOc1ccc(C=C(C#N)C(=O)Nc2ncc(Cc3ccc(Cl)c(Cl)c3)s2)cc1. The van der Waals surface area contributed by atoms with E-state index >= 15 is 0 Å². The fraction of sp³-hybridized carbons (Fsp3) is 0.296. The molecule has 5 nitrogen and oxygen atoms in total. The number of benzene rings is 2. The smallest absolute Gasteiger partial charge is 0.268 e. The van der Waals surface area contributed by atoms with Crippen LogP contribution in [0.5, 0.6) is 5.75 Å². The number of nitriles is 1. The van der Waals surface area contributed by atoms with E-state index in [0.717, 1.165) is 28.2 Å². The minimum absolute atomic E-state index is 0.00387. The number of ether oxygens (including phenoxy) is 1. The number of carbonyl (C=O) groups is 1. The monoisotopic (exact) mass is 527 g/mol. The van der Waals surface area contributed by atoms with E-state index in [4.69, 9.17) is 27.9 Å². The zero-order valence-electron chi connectivity index (χ0n) is 19.5. The van der Waals surface area contributed by atoms with Crippen LogP contribution in [0.1, 0.15) is 55.0 Å². The van der Waals surface area contributed by atoms with Gasteiger partial charge in [0, 0.05) is 17.5 Å². The van der Waals surface area contributed by atoms with Crippen LogP contribution in [0.15, 0.2) is 54.2 Å². The van der Waals surface area contributed by atoms with Crippen molar-refractivity contribution in [3.8, 4) is 11.8 Å². The number of nitrogens with zero attached hydrogens (tertiary/aromatic N) is 2. The van der Waals surface area contributed by atoms with Gasteiger partial charge in [-0.15, -0.1) is 11.3 Å². The quantitative estimate of drug-likeness (QED) is 0.147. The predicted octanol–water partition coefficient (Wildman–Crippen LogP) is 7.94. The lowest BCUT2D eigenvalue weighted by Gasteiger charge is -2.06. The fourth-order valence-electron chi connectivity index (χ4n) is 3.33. The van der Waals surface area contributed by atoms with Crippen molar-refractivity contribution >= 4 is 51.7 Å². The first kappa shape index (κ1) is 26.7. The summed E-state index contributed by atoms with van der Waals surface area (Å²) in [5.41, 5.74) is 1.73. The number of unbranched alkanes of at least 4 members (excludes halogenated alkanes) is 4. The van der Waals surface area contributed by atoms with Crippen molar-refractivity contribution in [1.29, 1.82) is 5.26 Å². The van der Waals surface area contributed by atoms with Crippen LogP contribution in [-0.2, 0) is 11.2 Å². The average molecular weight is 529 g/mol. The molecule has 0 aliphatic heterocycles. The standard InChI is InChI=1S/C27H27Cl2N3O2S/c1-2-3-4-5-6-13-34-22-10-7-19(8-11-22)14-21(17-30)26(33)32-27-31-18-23(35-27)15-20-9-12-24(28)25(29)16-20/h7-12,14,16,18H,2-6,13,15H2,1H3,(H,31,32,33). The van der Waals surface area contributed by atoms with Gasteiger partial charge in [-0.1, -0.05) is 74.0 Å². The highest BCUT2D eigenvalue weighted by Crippen LogP contribution is 2.26. The zero-order valence-corrected chi connectivity index (χ0v) is 21.8. The number of thiazole rings is 1. The summed E-state index contributed by atoms with van der Waals surface area (Å²) in [5, 5.41) is 13.6. The van der Waals surface area contributed by atoms with E-state index in [1.165, 1.54) is 37.0 Å². The van der Waals surface area contributed by atoms with E-state index in [9.17, 15) is 10.1 Å². The number of nitrogens with one attached hydrogen (secondary N) is 1. The fourth-order valence-corrected chi connectivity index (χ4v) is 4.50. The van der Waals surface area contributed by atoms with E-state index in [2.05, 4.69) is 17.2 Å². The maximum Gasteiger partial charge on any atom is 0.268 e. The normalized spacial score (nSPS) is 11.2. The lowest BCUT2D eigenvalue weighted by molar-refractivity contribution is -0.112. The molecule has 0 aliphatic rings. The Balaban J connectivity index is 1.54. The van der Waals surface area contributed by atoms with Crippen LogP contribution in [0.3, 0.4) is 0 Å². The van der Waals surface area contributed by atoms with Gasteiger partial charge >= 0.3 is 0 Å². The molecule has 1 N–H and O–H groups in total. The molecule has 0 saturated heterocycles. The van der Waals surface area contributed by atoms with Gasteiger partial charge < -0.3 is 4.74 Å². The van der Waals surface area contributed by atoms with E-state index in [0.29, 0.717) is 28.2 Å². The van der Waals surface area contributed by atoms with Crippen LogP contribution >= 0.6 is 34.5 Å². The highest BCUT2D eigenvalue weighted by molar-refractivity contribution is 7.15. The molecule has 3 rings (SSSR count). The van der Waals surface area contributed by atoms with Gasteiger partial charge in [-0.05, 0) is 47.9 Å². The lowest BCUT2D eigenvalue weighted by Crippen LogP contribution is -2.13. The second-order valence-electron chi connectivity index (χ2n) is 8.01. The lowest BCUT2D eigenvalue weighted by atomic mass is 10.1. The molecule has 0 spiro atoms. The highest BCUT2D eigenvalue weighted by atomic mass is 35.5. The largest absolute Gasteiger partial charge is 0.494 e. The first-order valence-corrected chi connectivity index (χ1v) is 13.1. The van der Waals surface area contributed by atoms with Crippen LogP contribution in [0.25, 0.3) is 6.08 Å². The summed E-state index contributed by atoms with van der Waals surface area (Å²) in [4.78, 5) is 17.8. The Bertz CT molecular complexity index is 1200.